The first-order valence-electron chi connectivity index (χ1n) is 8.71. The van der Waals surface area contributed by atoms with Crippen LogP contribution in [0.3, 0.4) is 0 Å². The molecule has 0 saturated carbocycles. The number of pyridine rings is 1. The van der Waals surface area contributed by atoms with Gasteiger partial charge in [0.25, 0.3) is 11.5 Å². The Balaban J connectivity index is 1.84. The van der Waals surface area contributed by atoms with Crippen LogP contribution in [0.2, 0.25) is 0 Å². The normalized spacial score (nSPS) is 10.2. The van der Waals surface area contributed by atoms with Crippen molar-refractivity contribution in [2.75, 3.05) is 11.9 Å². The van der Waals surface area contributed by atoms with Gasteiger partial charge in [-0.3, -0.25) is 9.59 Å². The summed E-state index contributed by atoms with van der Waals surface area (Å²) in [4.78, 5) is 27.0. The second-order valence-corrected chi connectivity index (χ2v) is 6.33. The van der Waals surface area contributed by atoms with E-state index >= 15 is 0 Å². The zero-order valence-corrected chi connectivity index (χ0v) is 15.6. The summed E-state index contributed by atoms with van der Waals surface area (Å²) in [6.45, 7) is 3.45. The Morgan fingerprint density at radius 2 is 1.82 bits per heavy atom. The third-order valence-corrected chi connectivity index (χ3v) is 4.23. The fourth-order valence-electron chi connectivity index (χ4n) is 2.87. The van der Waals surface area contributed by atoms with Crippen LogP contribution < -0.4 is 15.6 Å². The average Bonchev–Trinajstić information content (AvgIpc) is 2.68. The van der Waals surface area contributed by atoms with E-state index in [4.69, 9.17) is 4.74 Å². The van der Waals surface area contributed by atoms with Gasteiger partial charge in [0.2, 0.25) is 0 Å². The summed E-state index contributed by atoms with van der Waals surface area (Å²) >= 11 is 0. The quantitative estimate of drug-likeness (QED) is 0.715. The lowest BCUT2D eigenvalue weighted by Gasteiger charge is -2.13. The van der Waals surface area contributed by atoms with Gasteiger partial charge in [0.1, 0.15) is 17.4 Å². The van der Waals surface area contributed by atoms with E-state index in [9.17, 15) is 14.9 Å². The number of rotatable bonds is 5. The first-order chi connectivity index (χ1) is 13.5. The minimum Gasteiger partial charge on any atom is -0.483 e. The molecule has 0 unspecified atom stereocenters. The number of nitrogens with zero attached hydrogens (tertiary/aromatic N) is 1. The lowest BCUT2D eigenvalue weighted by Crippen LogP contribution is -2.21. The molecule has 0 aliphatic carbocycles. The van der Waals surface area contributed by atoms with E-state index in [2.05, 4.69) is 10.3 Å². The maximum Gasteiger partial charge on any atom is 0.266 e. The number of aromatic amines is 1. The van der Waals surface area contributed by atoms with Crippen LogP contribution in [0.5, 0.6) is 5.75 Å². The Morgan fingerprint density at radius 3 is 2.57 bits per heavy atom. The van der Waals surface area contributed by atoms with Gasteiger partial charge >= 0.3 is 0 Å². The van der Waals surface area contributed by atoms with Gasteiger partial charge in [-0.1, -0.05) is 36.4 Å². The second-order valence-electron chi connectivity index (χ2n) is 6.33. The number of nitriles is 1. The number of benzene rings is 2. The van der Waals surface area contributed by atoms with Gasteiger partial charge in [-0.2, -0.15) is 5.26 Å². The highest BCUT2D eigenvalue weighted by atomic mass is 16.5. The number of amides is 1. The second kappa shape index (κ2) is 8.23. The van der Waals surface area contributed by atoms with Crippen molar-refractivity contribution in [2.45, 2.75) is 13.8 Å². The van der Waals surface area contributed by atoms with Crippen LogP contribution >= 0.6 is 0 Å². The molecule has 0 atom stereocenters. The van der Waals surface area contributed by atoms with Crippen molar-refractivity contribution in [1.29, 1.82) is 5.26 Å². The van der Waals surface area contributed by atoms with Crippen LogP contribution in [0.1, 0.15) is 16.8 Å². The molecule has 0 aliphatic heterocycles. The number of hydrogen-bond acceptors (Lipinski definition) is 4. The van der Waals surface area contributed by atoms with Gasteiger partial charge < -0.3 is 15.0 Å². The van der Waals surface area contributed by atoms with E-state index in [0.29, 0.717) is 22.6 Å². The molecule has 28 heavy (non-hydrogen) atoms. The van der Waals surface area contributed by atoms with E-state index in [0.717, 1.165) is 11.3 Å². The molecule has 6 heteroatoms. The molecule has 0 aliphatic rings. The molecule has 2 N–H and O–H groups in total. The Hall–Kier alpha value is -3.85. The zero-order valence-electron chi connectivity index (χ0n) is 15.6. The zero-order chi connectivity index (χ0) is 20.1. The fraction of sp³-hybridized carbons (Fsp3) is 0.136. The summed E-state index contributed by atoms with van der Waals surface area (Å²) in [5.41, 5.74) is 2.91. The molecule has 1 aromatic heterocycles. The minimum absolute atomic E-state index is 0.00557. The number of carbonyl (C=O) groups is 1. The maximum atomic E-state index is 12.3. The van der Waals surface area contributed by atoms with E-state index in [-0.39, 0.29) is 18.1 Å². The van der Waals surface area contributed by atoms with Crippen LogP contribution in [0, 0.1) is 25.2 Å². The summed E-state index contributed by atoms with van der Waals surface area (Å²) < 4.78 is 5.71. The number of aromatic nitrogens is 1. The standard InChI is InChI=1S/C22H19N3O3/c1-14-7-3-5-9-19(14)25-21(26)13-28-20-10-6-4-8-16(20)17-11-15(2)24-22(27)18(17)12-23/h3-11H,13H2,1-2H3,(H,24,27)(H,25,26). The summed E-state index contributed by atoms with van der Waals surface area (Å²) in [5, 5.41) is 12.2. The van der Waals surface area contributed by atoms with Crippen molar-refractivity contribution in [2.24, 2.45) is 0 Å². The largest absolute Gasteiger partial charge is 0.483 e. The lowest BCUT2D eigenvalue weighted by molar-refractivity contribution is -0.118. The van der Waals surface area contributed by atoms with Crippen molar-refractivity contribution in [1.82, 2.24) is 4.98 Å². The van der Waals surface area contributed by atoms with Crippen LogP contribution in [0.4, 0.5) is 5.69 Å². The molecule has 0 fully saturated rings. The SMILES string of the molecule is Cc1cc(-c2ccccc2OCC(=O)Nc2ccccc2C)c(C#N)c(=O)[nH]1. The molecule has 3 rings (SSSR count). The highest BCUT2D eigenvalue weighted by molar-refractivity contribution is 5.92. The predicted molar refractivity (Wildman–Crippen MR) is 107 cm³/mol. The third kappa shape index (κ3) is 4.10. The number of nitrogens with one attached hydrogen (secondary N) is 2. The summed E-state index contributed by atoms with van der Waals surface area (Å²) in [6.07, 6.45) is 0. The summed E-state index contributed by atoms with van der Waals surface area (Å²) in [5.74, 6) is 0.121. The Kier molecular flexibility index (Phi) is 5.56. The summed E-state index contributed by atoms with van der Waals surface area (Å²) in [7, 11) is 0. The monoisotopic (exact) mass is 373 g/mol. The minimum atomic E-state index is -0.454. The Labute approximate surface area is 162 Å². The van der Waals surface area contributed by atoms with Crippen molar-refractivity contribution >= 4 is 11.6 Å². The molecule has 1 amide bonds. The van der Waals surface area contributed by atoms with E-state index in [1.807, 2.05) is 37.3 Å². The lowest BCUT2D eigenvalue weighted by atomic mass is 10.0. The van der Waals surface area contributed by atoms with E-state index < -0.39 is 5.56 Å². The van der Waals surface area contributed by atoms with Crippen molar-refractivity contribution in [3.63, 3.8) is 0 Å². The molecule has 2 aromatic carbocycles. The number of hydrogen-bond donors (Lipinski definition) is 2. The van der Waals surface area contributed by atoms with Gasteiger partial charge in [-0.15, -0.1) is 0 Å². The van der Waals surface area contributed by atoms with Gasteiger partial charge in [-0.25, -0.2) is 0 Å². The van der Waals surface area contributed by atoms with Crippen molar-refractivity contribution in [3.8, 4) is 22.9 Å². The molecule has 3 aromatic rings. The van der Waals surface area contributed by atoms with E-state index in [1.165, 1.54) is 0 Å². The molecule has 0 radical (unpaired) electrons. The van der Waals surface area contributed by atoms with Crippen molar-refractivity contribution < 1.29 is 9.53 Å². The Morgan fingerprint density at radius 1 is 1.11 bits per heavy atom. The molecule has 0 spiro atoms. The average molecular weight is 373 g/mol. The topological polar surface area (TPSA) is 95.0 Å². The van der Waals surface area contributed by atoms with Crippen LogP contribution in [0.25, 0.3) is 11.1 Å². The highest BCUT2D eigenvalue weighted by Gasteiger charge is 2.15. The molecule has 140 valence electrons. The van der Waals surface area contributed by atoms with Crippen LogP contribution in [0.15, 0.2) is 59.4 Å². The van der Waals surface area contributed by atoms with Crippen LogP contribution in [-0.2, 0) is 4.79 Å². The smallest absolute Gasteiger partial charge is 0.266 e. The number of carbonyl (C=O) groups excluding carboxylic acids is 1. The van der Waals surface area contributed by atoms with Gasteiger partial charge in [-0.05, 0) is 37.6 Å². The number of para-hydroxylation sites is 2. The van der Waals surface area contributed by atoms with E-state index in [1.54, 1.807) is 37.3 Å². The number of H-pyrrole nitrogens is 1. The third-order valence-electron chi connectivity index (χ3n) is 4.23. The van der Waals surface area contributed by atoms with Gasteiger partial charge in [0.05, 0.1) is 0 Å². The fourth-order valence-corrected chi connectivity index (χ4v) is 2.87. The number of aryl methyl sites for hydroxylation is 2. The first-order valence-corrected chi connectivity index (χ1v) is 8.71. The molecule has 6 nitrogen and oxygen atoms in total. The number of anilines is 1. The maximum absolute atomic E-state index is 12.3. The summed E-state index contributed by atoms with van der Waals surface area (Å²) in [6, 6.07) is 18.1. The highest BCUT2D eigenvalue weighted by Crippen LogP contribution is 2.31. The van der Waals surface area contributed by atoms with Crippen LogP contribution in [-0.4, -0.2) is 17.5 Å². The van der Waals surface area contributed by atoms with Crippen molar-refractivity contribution in [3.05, 3.63) is 81.8 Å². The molecule has 0 saturated heterocycles. The number of ether oxygens (including phenoxy) is 1. The first kappa shape index (κ1) is 18.9. The molecule has 1 heterocycles. The van der Waals surface area contributed by atoms with Gasteiger partial charge in [0.15, 0.2) is 6.61 Å². The molecular weight excluding hydrogens is 354 g/mol. The molecular formula is C22H19N3O3. The predicted octanol–water partition coefficient (Wildman–Crippen LogP) is 3.55. The van der Waals surface area contributed by atoms with Gasteiger partial charge in [0, 0.05) is 22.5 Å². The Bertz CT molecular complexity index is 1130. The molecule has 0 bridgehead atoms.